The second-order valence-corrected chi connectivity index (χ2v) is 5.71. The van der Waals surface area contributed by atoms with Crippen LogP contribution in [0.1, 0.15) is 6.42 Å². The minimum atomic E-state index is -3.34. The zero-order valence-electron chi connectivity index (χ0n) is 8.17. The van der Waals surface area contributed by atoms with Crippen LogP contribution in [0.5, 0.6) is 0 Å². The molecule has 1 aliphatic rings. The number of aliphatic carboxylic acids is 1. The second kappa shape index (κ2) is 4.18. The first-order chi connectivity index (χ1) is 6.87. The van der Waals surface area contributed by atoms with Gasteiger partial charge in [0.05, 0.1) is 30.5 Å². The predicted octanol–water partition coefficient (Wildman–Crippen LogP) is -0.705. The Kier molecular flexibility index (Phi) is 3.33. The van der Waals surface area contributed by atoms with Crippen molar-refractivity contribution in [2.75, 3.05) is 18.6 Å². The fourth-order valence-electron chi connectivity index (χ4n) is 1.66. The Morgan fingerprint density at radius 3 is 2.40 bits per heavy atom. The first kappa shape index (κ1) is 12.0. The van der Waals surface area contributed by atoms with Gasteiger partial charge in [0.15, 0.2) is 9.84 Å². The zero-order chi connectivity index (χ0) is 11.6. The molecule has 7 heteroatoms. The Hall–Kier alpha value is -1.11. The highest BCUT2D eigenvalue weighted by Crippen LogP contribution is 2.26. The van der Waals surface area contributed by atoms with Crippen LogP contribution in [-0.2, 0) is 24.2 Å². The summed E-state index contributed by atoms with van der Waals surface area (Å²) in [6.45, 7) is 0. The summed E-state index contributed by atoms with van der Waals surface area (Å²) in [6.07, 6.45) is 0.0198. The van der Waals surface area contributed by atoms with Gasteiger partial charge in [0.2, 0.25) is 0 Å². The molecule has 0 saturated carbocycles. The number of rotatable bonds is 2. The molecular weight excluding hydrogens is 224 g/mol. The molecule has 0 aromatic rings. The van der Waals surface area contributed by atoms with Crippen molar-refractivity contribution in [2.24, 2.45) is 11.8 Å². The summed E-state index contributed by atoms with van der Waals surface area (Å²) in [4.78, 5) is 22.0. The SMILES string of the molecule is COC(=O)[C@H]1CCS(=O)(=O)C[C@H]1C(=O)O. The van der Waals surface area contributed by atoms with Crippen molar-refractivity contribution >= 4 is 21.8 Å². The highest BCUT2D eigenvalue weighted by atomic mass is 32.2. The minimum Gasteiger partial charge on any atom is -0.481 e. The molecule has 0 bridgehead atoms. The van der Waals surface area contributed by atoms with E-state index in [1.165, 1.54) is 0 Å². The van der Waals surface area contributed by atoms with Crippen LogP contribution in [0.25, 0.3) is 0 Å². The van der Waals surface area contributed by atoms with E-state index in [1.54, 1.807) is 0 Å². The van der Waals surface area contributed by atoms with E-state index >= 15 is 0 Å². The van der Waals surface area contributed by atoms with Gasteiger partial charge in [-0.1, -0.05) is 0 Å². The van der Waals surface area contributed by atoms with E-state index in [0.29, 0.717) is 0 Å². The Bertz CT molecular complexity index is 371. The van der Waals surface area contributed by atoms with E-state index in [9.17, 15) is 18.0 Å². The second-order valence-electron chi connectivity index (χ2n) is 3.48. The van der Waals surface area contributed by atoms with Gasteiger partial charge in [0.1, 0.15) is 0 Å². The maximum Gasteiger partial charge on any atom is 0.309 e. The minimum absolute atomic E-state index is 0.0198. The van der Waals surface area contributed by atoms with E-state index < -0.39 is 39.4 Å². The molecule has 0 aromatic carbocycles. The van der Waals surface area contributed by atoms with Gasteiger partial charge in [-0.05, 0) is 6.42 Å². The van der Waals surface area contributed by atoms with Crippen LogP contribution in [0, 0.1) is 11.8 Å². The summed E-state index contributed by atoms with van der Waals surface area (Å²) >= 11 is 0. The van der Waals surface area contributed by atoms with Gasteiger partial charge in [0.25, 0.3) is 0 Å². The van der Waals surface area contributed by atoms with Crippen molar-refractivity contribution in [3.8, 4) is 0 Å². The molecule has 1 heterocycles. The lowest BCUT2D eigenvalue weighted by molar-refractivity contribution is -0.155. The lowest BCUT2D eigenvalue weighted by Crippen LogP contribution is -2.41. The molecule has 0 amide bonds. The molecule has 1 aliphatic heterocycles. The normalized spacial score (nSPS) is 29.4. The molecule has 1 fully saturated rings. The quantitative estimate of drug-likeness (QED) is 0.636. The van der Waals surface area contributed by atoms with Crippen molar-refractivity contribution in [2.45, 2.75) is 6.42 Å². The molecule has 86 valence electrons. The third-order valence-corrected chi connectivity index (χ3v) is 4.20. The summed E-state index contributed by atoms with van der Waals surface area (Å²) in [7, 11) is -2.18. The van der Waals surface area contributed by atoms with Crippen molar-refractivity contribution in [3.05, 3.63) is 0 Å². The van der Waals surface area contributed by atoms with Crippen LogP contribution in [0.3, 0.4) is 0 Å². The number of carboxylic acid groups (broad SMARTS) is 1. The monoisotopic (exact) mass is 236 g/mol. The van der Waals surface area contributed by atoms with Crippen molar-refractivity contribution in [3.63, 3.8) is 0 Å². The lowest BCUT2D eigenvalue weighted by atomic mass is 9.91. The number of carbonyl (C=O) groups is 2. The lowest BCUT2D eigenvalue weighted by Gasteiger charge is -2.26. The maximum absolute atomic E-state index is 11.2. The number of ether oxygens (including phenoxy) is 1. The number of hydrogen-bond donors (Lipinski definition) is 1. The molecule has 0 radical (unpaired) electrons. The van der Waals surface area contributed by atoms with Gasteiger partial charge in [-0.15, -0.1) is 0 Å². The number of sulfone groups is 1. The number of carboxylic acids is 1. The Morgan fingerprint density at radius 2 is 1.93 bits per heavy atom. The smallest absolute Gasteiger partial charge is 0.309 e. The molecule has 1 saturated heterocycles. The Balaban J connectivity index is 2.91. The molecule has 1 rings (SSSR count). The number of hydrogen-bond acceptors (Lipinski definition) is 5. The molecule has 0 aromatic heterocycles. The standard InChI is InChI=1S/C8H12O6S/c1-14-8(11)5-2-3-15(12,13)4-6(5)7(9)10/h5-6H,2-4H2,1H3,(H,9,10)/t5-,6+/m0/s1. The number of esters is 1. The molecule has 0 spiro atoms. The van der Waals surface area contributed by atoms with Crippen LogP contribution >= 0.6 is 0 Å². The fraction of sp³-hybridized carbons (Fsp3) is 0.750. The third-order valence-electron chi connectivity index (χ3n) is 2.48. The van der Waals surface area contributed by atoms with Crippen LogP contribution in [0.2, 0.25) is 0 Å². The van der Waals surface area contributed by atoms with Crippen LogP contribution in [-0.4, -0.2) is 44.1 Å². The molecule has 6 nitrogen and oxygen atoms in total. The zero-order valence-corrected chi connectivity index (χ0v) is 8.99. The summed E-state index contributed by atoms with van der Waals surface area (Å²) in [5.74, 6) is -4.60. The molecular formula is C8H12O6S. The molecule has 2 atom stereocenters. The Labute approximate surface area is 87.1 Å². The predicted molar refractivity (Wildman–Crippen MR) is 49.9 cm³/mol. The third kappa shape index (κ3) is 2.68. The number of methoxy groups -OCH3 is 1. The van der Waals surface area contributed by atoms with Gasteiger partial charge in [-0.2, -0.15) is 0 Å². The van der Waals surface area contributed by atoms with Crippen molar-refractivity contribution in [1.82, 2.24) is 0 Å². The van der Waals surface area contributed by atoms with Gasteiger partial charge in [0, 0.05) is 0 Å². The number of carbonyl (C=O) groups excluding carboxylic acids is 1. The molecule has 1 N–H and O–H groups in total. The summed E-state index contributed by atoms with van der Waals surface area (Å²) in [5, 5.41) is 8.81. The first-order valence-corrected chi connectivity index (χ1v) is 6.20. The summed E-state index contributed by atoms with van der Waals surface area (Å²) in [5.41, 5.74) is 0. The van der Waals surface area contributed by atoms with Gasteiger partial charge in [-0.3, -0.25) is 9.59 Å². The highest BCUT2D eigenvalue weighted by molar-refractivity contribution is 7.91. The van der Waals surface area contributed by atoms with E-state index in [-0.39, 0.29) is 12.2 Å². The van der Waals surface area contributed by atoms with Gasteiger partial charge < -0.3 is 9.84 Å². The summed E-state index contributed by atoms with van der Waals surface area (Å²) in [6, 6.07) is 0. The largest absolute Gasteiger partial charge is 0.481 e. The van der Waals surface area contributed by atoms with Gasteiger partial charge in [-0.25, -0.2) is 8.42 Å². The van der Waals surface area contributed by atoms with Crippen LogP contribution in [0.4, 0.5) is 0 Å². The maximum atomic E-state index is 11.2. The molecule has 15 heavy (non-hydrogen) atoms. The van der Waals surface area contributed by atoms with E-state index in [0.717, 1.165) is 7.11 Å². The van der Waals surface area contributed by atoms with Crippen LogP contribution in [0.15, 0.2) is 0 Å². The highest BCUT2D eigenvalue weighted by Gasteiger charge is 2.42. The Morgan fingerprint density at radius 1 is 1.33 bits per heavy atom. The average molecular weight is 236 g/mol. The summed E-state index contributed by atoms with van der Waals surface area (Å²) < 4.78 is 26.9. The fourth-order valence-corrected chi connectivity index (χ4v) is 3.36. The average Bonchev–Trinajstić information content (AvgIpc) is 2.15. The first-order valence-electron chi connectivity index (χ1n) is 4.38. The van der Waals surface area contributed by atoms with E-state index in [4.69, 9.17) is 5.11 Å². The van der Waals surface area contributed by atoms with Crippen molar-refractivity contribution < 1.29 is 27.9 Å². The van der Waals surface area contributed by atoms with Crippen molar-refractivity contribution in [1.29, 1.82) is 0 Å². The van der Waals surface area contributed by atoms with Gasteiger partial charge >= 0.3 is 11.9 Å². The topological polar surface area (TPSA) is 97.7 Å². The van der Waals surface area contributed by atoms with E-state index in [1.807, 2.05) is 0 Å². The molecule has 0 aliphatic carbocycles. The molecule has 0 unspecified atom stereocenters. The van der Waals surface area contributed by atoms with E-state index in [2.05, 4.69) is 4.74 Å². The van der Waals surface area contributed by atoms with Crippen LogP contribution < -0.4 is 0 Å².